The molecule has 0 aliphatic heterocycles. The maximum atomic E-state index is 6.20. The highest BCUT2D eigenvalue weighted by Crippen LogP contribution is 2.31. The van der Waals surface area contributed by atoms with Crippen LogP contribution in [0.2, 0.25) is 5.02 Å². The first kappa shape index (κ1) is 15.7. The molecule has 0 bridgehead atoms. The highest BCUT2D eigenvalue weighted by atomic mass is 35.5. The maximum Gasteiger partial charge on any atom is 0.185 e. The number of benzene rings is 1. The van der Waals surface area contributed by atoms with Gasteiger partial charge in [0.2, 0.25) is 0 Å². The molecule has 0 aliphatic carbocycles. The number of hydrogen-bond donors (Lipinski definition) is 1. The molecule has 0 amide bonds. The lowest BCUT2D eigenvalue weighted by molar-refractivity contribution is 0.105. The van der Waals surface area contributed by atoms with E-state index in [1.807, 2.05) is 0 Å². The third-order valence-electron chi connectivity index (χ3n) is 2.91. The lowest BCUT2D eigenvalue weighted by Crippen LogP contribution is -2.09. The van der Waals surface area contributed by atoms with Crippen LogP contribution < -0.4 is 5.73 Å². The van der Waals surface area contributed by atoms with Crippen molar-refractivity contribution in [3.05, 3.63) is 23.2 Å². The third kappa shape index (κ3) is 4.15. The number of hydrogen-bond acceptors (Lipinski definition) is 5. The number of halogens is 1. The summed E-state index contributed by atoms with van der Waals surface area (Å²) in [7, 11) is 0. The van der Waals surface area contributed by atoms with E-state index < -0.39 is 0 Å². The maximum absolute atomic E-state index is 6.20. The largest absolute Gasteiger partial charge is 0.398 e. The zero-order valence-electron chi connectivity index (χ0n) is 12.3. The van der Waals surface area contributed by atoms with Crippen molar-refractivity contribution in [2.24, 2.45) is 5.92 Å². The van der Waals surface area contributed by atoms with Crippen LogP contribution in [-0.4, -0.2) is 33.4 Å². The van der Waals surface area contributed by atoms with E-state index in [0.29, 0.717) is 41.2 Å². The first-order valence-corrected chi connectivity index (χ1v) is 7.35. The standard InChI is InChI=1S/C14H20ClN5O/c1-10(2)9-21-8-4-7-20-14(17-18-19-20)13-11(15)5-3-6-12(13)16/h3,5-6,10H,4,7-9,16H2,1-2H3. The van der Waals surface area contributed by atoms with Crippen molar-refractivity contribution in [1.82, 2.24) is 20.2 Å². The highest BCUT2D eigenvalue weighted by molar-refractivity contribution is 6.33. The van der Waals surface area contributed by atoms with E-state index in [1.54, 1.807) is 22.9 Å². The van der Waals surface area contributed by atoms with Crippen molar-refractivity contribution < 1.29 is 4.74 Å². The van der Waals surface area contributed by atoms with Crippen LogP contribution in [0.5, 0.6) is 0 Å². The molecule has 0 unspecified atom stereocenters. The first-order chi connectivity index (χ1) is 10.1. The zero-order valence-corrected chi connectivity index (χ0v) is 13.0. The second-order valence-electron chi connectivity index (χ2n) is 5.25. The van der Waals surface area contributed by atoms with E-state index >= 15 is 0 Å². The van der Waals surface area contributed by atoms with Crippen molar-refractivity contribution in [3.8, 4) is 11.4 Å². The van der Waals surface area contributed by atoms with Crippen LogP contribution in [0.15, 0.2) is 18.2 Å². The van der Waals surface area contributed by atoms with Gasteiger partial charge < -0.3 is 10.5 Å². The summed E-state index contributed by atoms with van der Waals surface area (Å²) in [5, 5.41) is 12.3. The highest BCUT2D eigenvalue weighted by Gasteiger charge is 2.15. The number of aryl methyl sites for hydroxylation is 1. The molecule has 0 aliphatic rings. The second-order valence-corrected chi connectivity index (χ2v) is 5.66. The molecule has 1 heterocycles. The molecule has 0 radical (unpaired) electrons. The number of nitrogens with two attached hydrogens (primary N) is 1. The fourth-order valence-corrected chi connectivity index (χ4v) is 2.21. The van der Waals surface area contributed by atoms with Gasteiger partial charge in [0.1, 0.15) is 0 Å². The number of aromatic nitrogens is 4. The number of nitrogen functional groups attached to an aromatic ring is 1. The van der Waals surface area contributed by atoms with Gasteiger partial charge in [-0.2, -0.15) is 0 Å². The molecule has 0 saturated carbocycles. The van der Waals surface area contributed by atoms with E-state index in [-0.39, 0.29) is 0 Å². The Balaban J connectivity index is 2.02. The monoisotopic (exact) mass is 309 g/mol. The Bertz CT molecular complexity index is 564. The number of tetrazole rings is 1. The summed E-state index contributed by atoms with van der Waals surface area (Å²) in [6.07, 6.45) is 0.828. The number of ether oxygens (including phenoxy) is 1. The minimum Gasteiger partial charge on any atom is -0.398 e. The van der Waals surface area contributed by atoms with E-state index in [2.05, 4.69) is 29.4 Å². The predicted octanol–water partition coefficient (Wildman–Crippen LogP) is 2.64. The van der Waals surface area contributed by atoms with Gasteiger partial charge in [-0.05, 0) is 34.9 Å². The summed E-state index contributed by atoms with van der Waals surface area (Å²) < 4.78 is 7.26. The van der Waals surface area contributed by atoms with Gasteiger partial charge in [0.15, 0.2) is 5.82 Å². The van der Waals surface area contributed by atoms with Gasteiger partial charge in [-0.3, -0.25) is 0 Å². The third-order valence-corrected chi connectivity index (χ3v) is 3.23. The van der Waals surface area contributed by atoms with Gasteiger partial charge in [0, 0.05) is 25.4 Å². The Morgan fingerprint density at radius 1 is 1.38 bits per heavy atom. The first-order valence-electron chi connectivity index (χ1n) is 6.98. The van der Waals surface area contributed by atoms with Crippen LogP contribution >= 0.6 is 11.6 Å². The van der Waals surface area contributed by atoms with Crippen molar-refractivity contribution in [2.45, 2.75) is 26.8 Å². The summed E-state index contributed by atoms with van der Waals surface area (Å²) in [6, 6.07) is 5.36. The molecule has 2 N–H and O–H groups in total. The second kappa shape index (κ2) is 7.38. The van der Waals surface area contributed by atoms with Crippen LogP contribution in [0.3, 0.4) is 0 Å². The Hall–Kier alpha value is -1.66. The molecule has 0 fully saturated rings. The molecule has 0 spiro atoms. The normalized spacial score (nSPS) is 11.2. The van der Waals surface area contributed by atoms with E-state index in [0.717, 1.165) is 13.0 Å². The van der Waals surface area contributed by atoms with Gasteiger partial charge in [-0.1, -0.05) is 31.5 Å². The van der Waals surface area contributed by atoms with Crippen LogP contribution in [0, 0.1) is 5.92 Å². The fraction of sp³-hybridized carbons (Fsp3) is 0.500. The van der Waals surface area contributed by atoms with Crippen LogP contribution in [0.1, 0.15) is 20.3 Å². The topological polar surface area (TPSA) is 78.8 Å². The average Bonchev–Trinajstić information content (AvgIpc) is 2.86. The Labute approximate surface area is 129 Å². The molecule has 2 aromatic rings. The molecule has 7 heteroatoms. The summed E-state index contributed by atoms with van der Waals surface area (Å²) in [4.78, 5) is 0. The van der Waals surface area contributed by atoms with Gasteiger partial charge in [0.05, 0.1) is 10.6 Å². The van der Waals surface area contributed by atoms with Gasteiger partial charge in [0.25, 0.3) is 0 Å². The molecule has 6 nitrogen and oxygen atoms in total. The van der Waals surface area contributed by atoms with Crippen molar-refractivity contribution in [3.63, 3.8) is 0 Å². The fourth-order valence-electron chi connectivity index (χ4n) is 1.95. The van der Waals surface area contributed by atoms with Gasteiger partial charge >= 0.3 is 0 Å². The lowest BCUT2D eigenvalue weighted by Gasteiger charge is -2.09. The van der Waals surface area contributed by atoms with E-state index in [1.165, 1.54) is 0 Å². The molecule has 2 rings (SSSR count). The minimum atomic E-state index is 0.538. The van der Waals surface area contributed by atoms with E-state index in [9.17, 15) is 0 Å². The van der Waals surface area contributed by atoms with Gasteiger partial charge in [-0.15, -0.1) is 5.10 Å². The number of nitrogens with zero attached hydrogens (tertiary/aromatic N) is 4. The molecule has 21 heavy (non-hydrogen) atoms. The Kier molecular flexibility index (Phi) is 5.52. The van der Waals surface area contributed by atoms with Crippen molar-refractivity contribution >= 4 is 17.3 Å². The van der Waals surface area contributed by atoms with Crippen molar-refractivity contribution in [2.75, 3.05) is 18.9 Å². The minimum absolute atomic E-state index is 0.538. The molecule has 0 atom stereocenters. The predicted molar refractivity (Wildman–Crippen MR) is 82.9 cm³/mol. The smallest absolute Gasteiger partial charge is 0.185 e. The van der Waals surface area contributed by atoms with Crippen LogP contribution in [0.4, 0.5) is 5.69 Å². The molecule has 0 saturated heterocycles. The van der Waals surface area contributed by atoms with Gasteiger partial charge in [-0.25, -0.2) is 4.68 Å². The zero-order chi connectivity index (χ0) is 15.2. The lowest BCUT2D eigenvalue weighted by atomic mass is 10.1. The molecular weight excluding hydrogens is 290 g/mol. The van der Waals surface area contributed by atoms with E-state index in [4.69, 9.17) is 22.1 Å². The molecule has 114 valence electrons. The molecule has 1 aromatic carbocycles. The Morgan fingerprint density at radius 3 is 2.90 bits per heavy atom. The Morgan fingerprint density at radius 2 is 2.19 bits per heavy atom. The quantitative estimate of drug-likeness (QED) is 0.628. The average molecular weight is 310 g/mol. The number of rotatable bonds is 7. The van der Waals surface area contributed by atoms with Crippen LogP contribution in [0.25, 0.3) is 11.4 Å². The van der Waals surface area contributed by atoms with Crippen LogP contribution in [-0.2, 0) is 11.3 Å². The number of anilines is 1. The summed E-state index contributed by atoms with van der Waals surface area (Å²) in [5.74, 6) is 1.12. The molecular formula is C14H20ClN5O. The molecule has 1 aromatic heterocycles. The summed E-state index contributed by atoms with van der Waals surface area (Å²) >= 11 is 6.20. The summed E-state index contributed by atoms with van der Waals surface area (Å²) in [5.41, 5.74) is 7.21. The summed E-state index contributed by atoms with van der Waals surface area (Å²) in [6.45, 7) is 6.35. The van der Waals surface area contributed by atoms with Crippen molar-refractivity contribution in [1.29, 1.82) is 0 Å². The SMILES string of the molecule is CC(C)COCCCn1nnnc1-c1c(N)cccc1Cl.